The van der Waals surface area contributed by atoms with Crippen molar-refractivity contribution >= 4 is 76.1 Å². The first-order valence-corrected chi connectivity index (χ1v) is 23.2. The molecule has 0 fully saturated rings. The quantitative estimate of drug-likeness (QED) is 0.0196. The molecule has 0 aliphatic rings. The summed E-state index contributed by atoms with van der Waals surface area (Å²) in [6.07, 6.45) is -1.30. The number of nitrogens with zero attached hydrogens (tertiary/aromatic N) is 1. The second-order valence-corrected chi connectivity index (χ2v) is 17.1. The van der Waals surface area contributed by atoms with Gasteiger partial charge in [0.05, 0.1) is 5.56 Å². The molecule has 1 aromatic heterocycles. The molecule has 0 aliphatic carbocycles. The van der Waals surface area contributed by atoms with Crippen LogP contribution in [-0.2, 0) is 51.3 Å². The fourth-order valence-corrected chi connectivity index (χ4v) is 7.40. The third-order valence-electron chi connectivity index (χ3n) is 11.5. The number of halogens is 1. The number of pyridine rings is 1. The van der Waals surface area contributed by atoms with Crippen LogP contribution in [0, 0.1) is 11.9 Å². The number of unbranched alkanes of at least 4 members (excludes halogenated alkanes) is 1. The molecule has 24 heteroatoms. The summed E-state index contributed by atoms with van der Waals surface area (Å²) in [5.74, 6) is -11.9. The molecular weight excluding hydrogens is 973 g/mol. The van der Waals surface area contributed by atoms with Crippen molar-refractivity contribution < 1.29 is 82.7 Å². The van der Waals surface area contributed by atoms with Crippen molar-refractivity contribution in [1.82, 2.24) is 36.9 Å². The normalized spacial score (nSPS) is 12.9. The molecule has 6 amide bonds. The van der Waals surface area contributed by atoms with E-state index in [2.05, 4.69) is 36.9 Å². The lowest BCUT2D eigenvalue weighted by atomic mass is 9.90. The monoisotopic (exact) mass is 1030 g/mol. The second-order valence-electron chi connectivity index (χ2n) is 17.1. The summed E-state index contributed by atoms with van der Waals surface area (Å²) in [7, 11) is 0. The minimum absolute atomic E-state index is 0.0169. The molecule has 3 aromatic carbocycles. The number of nitrogens with one attached hydrogen (secondary N) is 6. The summed E-state index contributed by atoms with van der Waals surface area (Å²) in [4.78, 5) is 138. The molecule has 0 spiro atoms. The molecule has 5 unspecified atom stereocenters. The van der Waals surface area contributed by atoms with E-state index in [4.69, 9.17) is 5.11 Å². The number of ketones is 1. The van der Waals surface area contributed by atoms with Crippen molar-refractivity contribution in [3.63, 3.8) is 0 Å². The van der Waals surface area contributed by atoms with Gasteiger partial charge >= 0.3 is 35.9 Å². The van der Waals surface area contributed by atoms with Crippen LogP contribution < -0.4 is 31.9 Å². The Balaban J connectivity index is 1.27. The highest BCUT2D eigenvalue weighted by atomic mass is 18.2. The standard InChI is InChI=1S/C50H56FN7O16/c51-40-18-14-33(27-53-40)45(65)56-37(48(70)71)16-20-42(61)55-36(47(68)69)15-19-41(60)54-26-28-8-12-31(13-9-28)39(59)25-34(24-29-10-11-30-5-1-2-6-32(30)23-29)44(64)52-22-4-3-7-35(46(66)67)57-50(74)58-38(49(72)73)17-21-43(62)63/h1-2,5-6,8-14,18,23,27,34-38H,3-4,7,15-17,19-22,24-26H2,(H,52,64)(H,54,60)(H,55,61)(H,56,65)(H,62,63)(H,66,67)(H,68,69)(H,70,71)(H,72,73)(H2,57,58,74)/i51-1. The topological polar surface area (TPSA) is 374 Å². The Labute approximate surface area is 421 Å². The van der Waals surface area contributed by atoms with Crippen molar-refractivity contribution in [3.8, 4) is 0 Å². The zero-order chi connectivity index (χ0) is 54.3. The molecule has 5 atom stereocenters. The zero-order valence-electron chi connectivity index (χ0n) is 39.7. The highest BCUT2D eigenvalue weighted by Crippen LogP contribution is 2.22. The number of hydrogen-bond acceptors (Lipinski definition) is 12. The smallest absolute Gasteiger partial charge is 0.326 e. The summed E-state index contributed by atoms with van der Waals surface area (Å²) in [5.41, 5.74) is 1.50. The maximum atomic E-state index is 13.7. The van der Waals surface area contributed by atoms with E-state index in [0.717, 1.165) is 34.7 Å². The number of carboxylic acids is 5. The van der Waals surface area contributed by atoms with Gasteiger partial charge in [0.1, 0.15) is 24.2 Å². The molecule has 0 radical (unpaired) electrons. The molecule has 4 aromatic rings. The average molecular weight is 1030 g/mol. The highest BCUT2D eigenvalue weighted by Gasteiger charge is 2.28. The lowest BCUT2D eigenvalue weighted by Gasteiger charge is -2.19. The third-order valence-corrected chi connectivity index (χ3v) is 11.5. The average Bonchev–Trinajstić information content (AvgIpc) is 3.36. The number of amides is 6. The van der Waals surface area contributed by atoms with Crippen molar-refractivity contribution in [1.29, 1.82) is 0 Å². The van der Waals surface area contributed by atoms with Gasteiger partial charge in [-0.3, -0.25) is 28.8 Å². The van der Waals surface area contributed by atoms with E-state index in [1.807, 2.05) is 42.5 Å². The van der Waals surface area contributed by atoms with E-state index >= 15 is 0 Å². The van der Waals surface area contributed by atoms with E-state index < -0.39 is 121 Å². The molecule has 1 heterocycles. The van der Waals surface area contributed by atoms with Gasteiger partial charge in [0, 0.05) is 56.5 Å². The lowest BCUT2D eigenvalue weighted by molar-refractivity contribution is -0.143. The van der Waals surface area contributed by atoms with E-state index in [1.54, 1.807) is 12.1 Å². The van der Waals surface area contributed by atoms with Crippen LogP contribution >= 0.6 is 0 Å². The number of benzene rings is 3. The number of carboxylic acid groups (broad SMARTS) is 5. The summed E-state index contributed by atoms with van der Waals surface area (Å²) >= 11 is 0. The first-order valence-electron chi connectivity index (χ1n) is 23.2. The summed E-state index contributed by atoms with van der Waals surface area (Å²) in [6, 6.07) is 14.3. The number of fused-ring (bicyclic) bond motifs is 1. The van der Waals surface area contributed by atoms with E-state index in [9.17, 15) is 77.6 Å². The fourth-order valence-electron chi connectivity index (χ4n) is 7.40. The van der Waals surface area contributed by atoms with Gasteiger partial charge in [0.15, 0.2) is 5.78 Å². The Hall–Kier alpha value is -8.83. The minimum atomic E-state index is -1.57. The van der Waals surface area contributed by atoms with Crippen LogP contribution in [0.25, 0.3) is 10.8 Å². The van der Waals surface area contributed by atoms with Gasteiger partial charge in [-0.15, -0.1) is 0 Å². The zero-order valence-corrected chi connectivity index (χ0v) is 39.7. The number of aliphatic carboxylic acids is 5. The molecule has 0 bridgehead atoms. The predicted octanol–water partition coefficient (Wildman–Crippen LogP) is 2.79. The number of carbonyl (C=O) groups is 11. The van der Waals surface area contributed by atoms with Crippen LogP contribution in [0.4, 0.5) is 9.18 Å². The van der Waals surface area contributed by atoms with Crippen molar-refractivity contribution in [3.05, 3.63) is 113 Å². The van der Waals surface area contributed by atoms with Crippen LogP contribution in [0.15, 0.2) is 85.1 Å². The molecule has 4 rings (SSSR count). The van der Waals surface area contributed by atoms with Gasteiger partial charge in [0.2, 0.25) is 23.7 Å². The highest BCUT2D eigenvalue weighted by molar-refractivity contribution is 5.99. The van der Waals surface area contributed by atoms with E-state index in [0.29, 0.717) is 5.56 Å². The Bertz CT molecular complexity index is 2690. The van der Waals surface area contributed by atoms with Gasteiger partial charge in [-0.05, 0) is 79.0 Å². The van der Waals surface area contributed by atoms with Crippen molar-refractivity contribution in [2.24, 2.45) is 5.92 Å². The molecule has 23 nitrogen and oxygen atoms in total. The molecule has 74 heavy (non-hydrogen) atoms. The number of urea groups is 1. The Morgan fingerprint density at radius 1 is 0.541 bits per heavy atom. The number of Topliss-reactive ketones (excluding diaryl/α,β-unsaturated/α-hetero) is 1. The van der Waals surface area contributed by atoms with Crippen LogP contribution in [0.1, 0.15) is 96.1 Å². The molecule has 394 valence electrons. The number of rotatable bonds is 31. The summed E-state index contributed by atoms with van der Waals surface area (Å²) in [5, 5.41) is 63.0. The van der Waals surface area contributed by atoms with E-state index in [-0.39, 0.29) is 74.9 Å². The van der Waals surface area contributed by atoms with Crippen molar-refractivity contribution in [2.75, 3.05) is 6.54 Å². The van der Waals surface area contributed by atoms with Gasteiger partial charge in [-0.2, -0.15) is 4.39 Å². The Kier molecular flexibility index (Phi) is 22.5. The minimum Gasteiger partial charge on any atom is -0.481 e. The summed E-state index contributed by atoms with van der Waals surface area (Å²) in [6.45, 7) is 0.0660. The first-order chi connectivity index (χ1) is 35.2. The van der Waals surface area contributed by atoms with Gasteiger partial charge in [0.25, 0.3) is 5.91 Å². The maximum absolute atomic E-state index is 13.7. The SMILES string of the molecule is O=C(O)CCC(NC(=O)NC(CCCCNC(=O)C(CC(=O)c1ccc(CNC(=O)CCC(NC(=O)CCC(NC(=O)c2ccc([18F])nc2)C(=O)O)C(=O)O)cc1)Cc1ccc2ccccc2c1)C(=O)O)C(=O)O. The molecule has 0 aliphatic heterocycles. The van der Waals surface area contributed by atoms with Gasteiger partial charge in [-0.1, -0.05) is 66.7 Å². The van der Waals surface area contributed by atoms with E-state index in [1.165, 1.54) is 12.1 Å². The van der Waals surface area contributed by atoms with Gasteiger partial charge in [-0.25, -0.2) is 29.0 Å². The second kappa shape index (κ2) is 28.9. The molecular formula is C50H56FN7O16. The Morgan fingerprint density at radius 2 is 1.09 bits per heavy atom. The molecule has 0 saturated heterocycles. The lowest BCUT2D eigenvalue weighted by Crippen LogP contribution is -2.51. The summed E-state index contributed by atoms with van der Waals surface area (Å²) < 4.78 is 13.1. The first kappa shape index (κ1) is 57.7. The van der Waals surface area contributed by atoms with Crippen LogP contribution in [0.3, 0.4) is 0 Å². The maximum Gasteiger partial charge on any atom is 0.326 e. The van der Waals surface area contributed by atoms with Crippen LogP contribution in [-0.4, -0.2) is 127 Å². The number of carbonyl (C=O) groups excluding carboxylic acids is 6. The largest absolute Gasteiger partial charge is 0.481 e. The fraction of sp³-hybridized carbons (Fsp3) is 0.360. The predicted molar refractivity (Wildman–Crippen MR) is 258 cm³/mol. The van der Waals surface area contributed by atoms with Crippen LogP contribution in [0.5, 0.6) is 0 Å². The number of aromatic nitrogens is 1. The Morgan fingerprint density at radius 3 is 1.70 bits per heavy atom. The molecule has 0 saturated carbocycles. The third kappa shape index (κ3) is 19.8. The van der Waals surface area contributed by atoms with Crippen LogP contribution in [0.2, 0.25) is 0 Å². The van der Waals surface area contributed by atoms with Crippen molar-refractivity contribution in [2.45, 2.75) is 101 Å². The molecule has 11 N–H and O–H groups in total. The van der Waals surface area contributed by atoms with Gasteiger partial charge < -0.3 is 57.4 Å². The number of hydrogen-bond donors (Lipinski definition) is 11.